The molecule has 2 aromatic carbocycles. The molecular formula is C33H28INO7. The highest BCUT2D eigenvalue weighted by Gasteiger charge is 2.56. The van der Waals surface area contributed by atoms with Crippen molar-refractivity contribution in [3.8, 4) is 17.2 Å². The molecule has 0 aromatic heterocycles. The third kappa shape index (κ3) is 4.41. The lowest BCUT2D eigenvalue weighted by Crippen LogP contribution is -2.40. The van der Waals surface area contributed by atoms with E-state index in [1.807, 2.05) is 24.3 Å². The van der Waals surface area contributed by atoms with Gasteiger partial charge in [0.25, 0.3) is 0 Å². The number of benzene rings is 2. The molecule has 1 saturated heterocycles. The molecule has 1 fully saturated rings. The van der Waals surface area contributed by atoms with Gasteiger partial charge in [-0.2, -0.15) is 0 Å². The van der Waals surface area contributed by atoms with Gasteiger partial charge in [-0.05, 0) is 96.3 Å². The van der Waals surface area contributed by atoms with Gasteiger partial charge in [-0.15, -0.1) is 0 Å². The second-order valence-corrected chi connectivity index (χ2v) is 12.1. The van der Waals surface area contributed by atoms with Crippen LogP contribution in [0.5, 0.6) is 17.2 Å². The van der Waals surface area contributed by atoms with Crippen LogP contribution in [0.1, 0.15) is 25.3 Å². The molecule has 2 amide bonds. The standard InChI is InChI=1S/C33H28INO7/c1-16-12-25(36)24-15-23-20(10-11-22-29(23)33(40)35(32(22)39)19-7-5-18(34)6-8-19)21(28(24)30(16)37)9-4-17-13-26(41-2)31(38)27(14-17)42-3/h4-10,12-14,21-23,29,38H,11,15H2,1-3H3/t21-,22-,23+,29-/m0/s1. The number of rotatable bonds is 5. The van der Waals surface area contributed by atoms with Gasteiger partial charge in [0.2, 0.25) is 17.6 Å². The summed E-state index contributed by atoms with van der Waals surface area (Å²) < 4.78 is 11.6. The molecule has 4 atom stereocenters. The molecule has 1 aliphatic heterocycles. The van der Waals surface area contributed by atoms with Crippen LogP contribution < -0.4 is 14.4 Å². The topological polar surface area (TPSA) is 110 Å². The van der Waals surface area contributed by atoms with Gasteiger partial charge in [-0.1, -0.05) is 23.8 Å². The van der Waals surface area contributed by atoms with Crippen molar-refractivity contribution in [1.82, 2.24) is 0 Å². The summed E-state index contributed by atoms with van der Waals surface area (Å²) in [5, 5.41) is 10.3. The Morgan fingerprint density at radius 2 is 1.64 bits per heavy atom. The van der Waals surface area contributed by atoms with Crippen molar-refractivity contribution in [2.24, 2.45) is 23.7 Å². The van der Waals surface area contributed by atoms with E-state index < -0.39 is 23.7 Å². The van der Waals surface area contributed by atoms with Crippen LogP contribution in [0.4, 0.5) is 5.69 Å². The maximum absolute atomic E-state index is 13.9. The van der Waals surface area contributed by atoms with Gasteiger partial charge in [0.05, 0.1) is 31.7 Å². The highest BCUT2D eigenvalue weighted by Crippen LogP contribution is 2.53. The predicted octanol–water partition coefficient (Wildman–Crippen LogP) is 5.19. The number of methoxy groups -OCH3 is 2. The zero-order valence-corrected chi connectivity index (χ0v) is 25.4. The summed E-state index contributed by atoms with van der Waals surface area (Å²) in [6.07, 6.45) is 7.58. The minimum Gasteiger partial charge on any atom is -0.502 e. The summed E-state index contributed by atoms with van der Waals surface area (Å²) in [6, 6.07) is 10.5. The van der Waals surface area contributed by atoms with Gasteiger partial charge in [-0.25, -0.2) is 0 Å². The van der Waals surface area contributed by atoms with Crippen LogP contribution in [-0.2, 0) is 19.2 Å². The van der Waals surface area contributed by atoms with Crippen molar-refractivity contribution in [3.05, 3.63) is 86.1 Å². The second-order valence-electron chi connectivity index (χ2n) is 10.9. The van der Waals surface area contributed by atoms with E-state index in [1.165, 1.54) is 25.2 Å². The maximum atomic E-state index is 13.9. The molecule has 1 heterocycles. The number of ether oxygens (including phenoxy) is 2. The third-order valence-corrected chi connectivity index (χ3v) is 9.40. The first-order valence-electron chi connectivity index (χ1n) is 13.6. The van der Waals surface area contributed by atoms with Crippen LogP contribution in [-0.4, -0.2) is 42.7 Å². The summed E-state index contributed by atoms with van der Waals surface area (Å²) in [6.45, 7) is 1.63. The maximum Gasteiger partial charge on any atom is 0.238 e. The number of hydrogen-bond donors (Lipinski definition) is 1. The van der Waals surface area contributed by atoms with Crippen molar-refractivity contribution in [2.75, 3.05) is 19.1 Å². The van der Waals surface area contributed by atoms with Gasteiger partial charge in [0.1, 0.15) is 0 Å². The van der Waals surface area contributed by atoms with E-state index in [4.69, 9.17) is 9.47 Å². The first kappa shape index (κ1) is 28.1. The zero-order valence-electron chi connectivity index (χ0n) is 23.2. The van der Waals surface area contributed by atoms with Gasteiger partial charge in [-0.3, -0.25) is 24.1 Å². The number of carbonyl (C=O) groups is 4. The normalized spacial score (nSPS) is 25.3. The predicted molar refractivity (Wildman–Crippen MR) is 164 cm³/mol. The molecule has 6 rings (SSSR count). The fourth-order valence-corrected chi connectivity index (χ4v) is 7.06. The lowest BCUT2D eigenvalue weighted by atomic mass is 9.60. The molecule has 8 nitrogen and oxygen atoms in total. The minimum absolute atomic E-state index is 0.128. The molecule has 0 unspecified atom stereocenters. The monoisotopic (exact) mass is 677 g/mol. The number of halogens is 1. The van der Waals surface area contributed by atoms with Crippen molar-refractivity contribution >= 4 is 57.7 Å². The number of imide groups is 1. The Bertz CT molecular complexity index is 1660. The summed E-state index contributed by atoms with van der Waals surface area (Å²) in [5.74, 6) is -2.77. The lowest BCUT2D eigenvalue weighted by Gasteiger charge is -2.41. The number of allylic oxidation sites excluding steroid dienone is 7. The number of anilines is 1. The number of hydrogen-bond acceptors (Lipinski definition) is 7. The zero-order chi connectivity index (χ0) is 29.9. The molecule has 0 spiro atoms. The number of phenolic OH excluding ortho intramolecular Hbond substituents is 1. The fourth-order valence-electron chi connectivity index (χ4n) is 6.70. The van der Waals surface area contributed by atoms with Gasteiger partial charge < -0.3 is 14.6 Å². The first-order chi connectivity index (χ1) is 20.1. The molecule has 4 aliphatic rings. The van der Waals surface area contributed by atoms with E-state index in [-0.39, 0.29) is 47.1 Å². The Balaban J connectivity index is 1.43. The van der Waals surface area contributed by atoms with Crippen LogP contribution in [0.2, 0.25) is 0 Å². The largest absolute Gasteiger partial charge is 0.502 e. The lowest BCUT2D eigenvalue weighted by molar-refractivity contribution is -0.123. The van der Waals surface area contributed by atoms with Crippen LogP contribution in [0.3, 0.4) is 0 Å². The molecule has 1 N–H and O–H groups in total. The molecule has 2 aromatic rings. The fraction of sp³-hybridized carbons (Fsp3) is 0.273. The smallest absolute Gasteiger partial charge is 0.238 e. The number of ketones is 2. The van der Waals surface area contributed by atoms with Crippen molar-refractivity contribution in [2.45, 2.75) is 19.8 Å². The van der Waals surface area contributed by atoms with Crippen molar-refractivity contribution in [3.63, 3.8) is 0 Å². The summed E-state index contributed by atoms with van der Waals surface area (Å²) >= 11 is 2.17. The van der Waals surface area contributed by atoms with E-state index in [0.29, 0.717) is 34.4 Å². The quantitative estimate of drug-likeness (QED) is 0.201. The molecule has 42 heavy (non-hydrogen) atoms. The summed E-state index contributed by atoms with van der Waals surface area (Å²) in [4.78, 5) is 55.6. The number of amides is 2. The number of phenols is 1. The number of Topliss-reactive ketones (excluding diaryl/α,β-unsaturated/α-hetero) is 1. The Labute approximate surface area is 256 Å². The molecule has 0 radical (unpaired) electrons. The van der Waals surface area contributed by atoms with Crippen LogP contribution in [0, 0.1) is 27.2 Å². The second kappa shape index (κ2) is 10.7. The highest BCUT2D eigenvalue weighted by molar-refractivity contribution is 14.1. The minimum atomic E-state index is -0.634. The Hall–Kier alpha value is -3.99. The van der Waals surface area contributed by atoms with E-state index >= 15 is 0 Å². The van der Waals surface area contributed by atoms with Crippen molar-refractivity contribution < 1.29 is 33.8 Å². The van der Waals surface area contributed by atoms with Gasteiger partial charge in [0.15, 0.2) is 23.1 Å². The average molecular weight is 677 g/mol. The number of carbonyl (C=O) groups excluding carboxylic acids is 4. The van der Waals surface area contributed by atoms with E-state index in [1.54, 1.807) is 37.3 Å². The third-order valence-electron chi connectivity index (χ3n) is 8.68. The van der Waals surface area contributed by atoms with Crippen LogP contribution >= 0.6 is 22.6 Å². The van der Waals surface area contributed by atoms with Gasteiger partial charge in [0, 0.05) is 26.2 Å². The summed E-state index contributed by atoms with van der Waals surface area (Å²) in [7, 11) is 2.88. The summed E-state index contributed by atoms with van der Waals surface area (Å²) in [5.41, 5.74) is 3.24. The van der Waals surface area contributed by atoms with Crippen LogP contribution in [0.25, 0.3) is 6.08 Å². The SMILES string of the molecule is COc1cc(C=C[C@H]2C3=CC[C@@H]4C(=O)N(c5ccc(I)cc5)C(=O)[C@@H]4[C@@H]3CC3=C2C(=O)C(C)=CC3=O)cc(OC)c1O. The molecule has 214 valence electrons. The Kier molecular flexibility index (Phi) is 7.16. The van der Waals surface area contributed by atoms with E-state index in [0.717, 1.165) is 9.14 Å². The number of aromatic hydroxyl groups is 1. The van der Waals surface area contributed by atoms with Crippen molar-refractivity contribution in [1.29, 1.82) is 0 Å². The molecule has 0 bridgehead atoms. The Morgan fingerprint density at radius 1 is 0.976 bits per heavy atom. The number of nitrogens with zero attached hydrogens (tertiary/aromatic N) is 1. The molecule has 3 aliphatic carbocycles. The van der Waals surface area contributed by atoms with Gasteiger partial charge >= 0.3 is 0 Å². The van der Waals surface area contributed by atoms with E-state index in [9.17, 15) is 24.3 Å². The molecular weight excluding hydrogens is 649 g/mol. The molecule has 0 saturated carbocycles. The highest BCUT2D eigenvalue weighted by atomic mass is 127. The molecule has 9 heteroatoms. The first-order valence-corrected chi connectivity index (χ1v) is 14.7. The number of fused-ring (bicyclic) bond motifs is 3. The van der Waals surface area contributed by atoms with Crippen LogP contribution in [0.15, 0.2) is 76.9 Å². The Morgan fingerprint density at radius 3 is 2.29 bits per heavy atom. The average Bonchev–Trinajstić information content (AvgIpc) is 3.24. The van der Waals surface area contributed by atoms with E-state index in [2.05, 4.69) is 22.6 Å².